The highest BCUT2D eigenvalue weighted by atomic mass is 16.5. The first-order chi connectivity index (χ1) is 8.08. The lowest BCUT2D eigenvalue weighted by Gasteiger charge is -1.99. The molecule has 5 heteroatoms. The van der Waals surface area contributed by atoms with Crippen LogP contribution >= 0.6 is 0 Å². The number of benzene rings is 1. The SMILES string of the molecule is COC(=O)c1ccc(C=C(C#N)C(N)=O)cc1. The molecule has 86 valence electrons. The Labute approximate surface area is 98.1 Å². The molecule has 0 atom stereocenters. The fourth-order valence-corrected chi connectivity index (χ4v) is 1.16. The first kappa shape index (κ1) is 12.5. The highest BCUT2D eigenvalue weighted by molar-refractivity contribution is 6.00. The largest absolute Gasteiger partial charge is 0.465 e. The summed E-state index contributed by atoms with van der Waals surface area (Å²) in [4.78, 5) is 22.0. The molecule has 0 fully saturated rings. The van der Waals surface area contributed by atoms with E-state index in [1.165, 1.54) is 25.3 Å². The van der Waals surface area contributed by atoms with Crippen LogP contribution in [0.15, 0.2) is 29.8 Å². The van der Waals surface area contributed by atoms with Crippen LogP contribution in [0.1, 0.15) is 15.9 Å². The number of esters is 1. The number of ether oxygens (including phenoxy) is 1. The Kier molecular flexibility index (Phi) is 4.01. The minimum atomic E-state index is -0.787. The number of hydrogen-bond donors (Lipinski definition) is 1. The lowest BCUT2D eigenvalue weighted by Crippen LogP contribution is -2.12. The van der Waals surface area contributed by atoms with Crippen molar-refractivity contribution >= 4 is 18.0 Å². The molecule has 1 amide bonds. The fraction of sp³-hybridized carbons (Fsp3) is 0.0833. The van der Waals surface area contributed by atoms with E-state index in [2.05, 4.69) is 4.74 Å². The first-order valence-electron chi connectivity index (χ1n) is 4.68. The van der Waals surface area contributed by atoms with E-state index < -0.39 is 11.9 Å². The molecule has 1 aromatic carbocycles. The van der Waals surface area contributed by atoms with Crippen LogP contribution in [0, 0.1) is 11.3 Å². The standard InChI is InChI=1S/C12H10N2O3/c1-17-12(16)9-4-2-8(3-5-9)6-10(7-13)11(14)15/h2-6H,1H3,(H2,14,15). The van der Waals surface area contributed by atoms with Crippen LogP contribution in [0.25, 0.3) is 6.08 Å². The van der Waals surface area contributed by atoms with Crippen molar-refractivity contribution < 1.29 is 14.3 Å². The lowest BCUT2D eigenvalue weighted by atomic mass is 10.1. The third-order valence-corrected chi connectivity index (χ3v) is 2.03. The van der Waals surface area contributed by atoms with Gasteiger partial charge in [-0.1, -0.05) is 12.1 Å². The zero-order valence-electron chi connectivity index (χ0n) is 9.14. The van der Waals surface area contributed by atoms with Crippen molar-refractivity contribution in [1.82, 2.24) is 0 Å². The molecule has 0 unspecified atom stereocenters. The average molecular weight is 230 g/mol. The van der Waals surface area contributed by atoms with Crippen molar-refractivity contribution in [3.8, 4) is 6.07 Å². The Morgan fingerprint density at radius 1 is 1.35 bits per heavy atom. The zero-order valence-corrected chi connectivity index (χ0v) is 9.14. The van der Waals surface area contributed by atoms with Gasteiger partial charge < -0.3 is 10.5 Å². The van der Waals surface area contributed by atoms with E-state index in [9.17, 15) is 9.59 Å². The Bertz CT molecular complexity index is 510. The van der Waals surface area contributed by atoms with Crippen LogP contribution in [0.5, 0.6) is 0 Å². The number of carbonyl (C=O) groups excluding carboxylic acids is 2. The lowest BCUT2D eigenvalue weighted by molar-refractivity contribution is -0.114. The van der Waals surface area contributed by atoms with E-state index in [0.29, 0.717) is 11.1 Å². The van der Waals surface area contributed by atoms with Gasteiger partial charge in [0.25, 0.3) is 5.91 Å². The van der Waals surface area contributed by atoms with Crippen LogP contribution in [-0.2, 0) is 9.53 Å². The molecule has 5 nitrogen and oxygen atoms in total. The third-order valence-electron chi connectivity index (χ3n) is 2.03. The van der Waals surface area contributed by atoms with Crippen LogP contribution in [0.2, 0.25) is 0 Å². The minimum Gasteiger partial charge on any atom is -0.465 e. The number of nitrogens with two attached hydrogens (primary N) is 1. The highest BCUT2D eigenvalue weighted by Crippen LogP contribution is 2.09. The highest BCUT2D eigenvalue weighted by Gasteiger charge is 2.05. The number of primary amides is 1. The average Bonchev–Trinajstić information content (AvgIpc) is 2.35. The van der Waals surface area contributed by atoms with E-state index in [1.54, 1.807) is 18.2 Å². The van der Waals surface area contributed by atoms with Crippen molar-refractivity contribution in [3.05, 3.63) is 41.0 Å². The number of nitriles is 1. The van der Waals surface area contributed by atoms with E-state index in [0.717, 1.165) is 0 Å². The number of carbonyl (C=O) groups is 2. The summed E-state index contributed by atoms with van der Waals surface area (Å²) in [5, 5.41) is 8.65. The summed E-state index contributed by atoms with van der Waals surface area (Å²) in [6.45, 7) is 0. The summed E-state index contributed by atoms with van der Waals surface area (Å²) in [7, 11) is 1.29. The van der Waals surface area contributed by atoms with Crippen molar-refractivity contribution in [2.24, 2.45) is 5.73 Å². The van der Waals surface area contributed by atoms with Gasteiger partial charge in [0.2, 0.25) is 0 Å². The van der Waals surface area contributed by atoms with Gasteiger partial charge in [-0.15, -0.1) is 0 Å². The van der Waals surface area contributed by atoms with Crippen LogP contribution in [0.3, 0.4) is 0 Å². The smallest absolute Gasteiger partial charge is 0.337 e. The maximum atomic E-state index is 11.1. The van der Waals surface area contributed by atoms with Gasteiger partial charge in [0.15, 0.2) is 0 Å². The maximum absolute atomic E-state index is 11.1. The van der Waals surface area contributed by atoms with E-state index in [4.69, 9.17) is 11.0 Å². The van der Waals surface area contributed by atoms with Gasteiger partial charge in [-0.25, -0.2) is 4.79 Å². The first-order valence-corrected chi connectivity index (χ1v) is 4.68. The van der Waals surface area contributed by atoms with Gasteiger partial charge in [0, 0.05) is 0 Å². The molecule has 0 aromatic heterocycles. The summed E-state index contributed by atoms with van der Waals surface area (Å²) < 4.78 is 4.54. The third kappa shape index (κ3) is 3.18. The molecule has 17 heavy (non-hydrogen) atoms. The van der Waals surface area contributed by atoms with Crippen LogP contribution in [-0.4, -0.2) is 19.0 Å². The summed E-state index contributed by atoms with van der Waals surface area (Å²) in [6, 6.07) is 7.94. The number of rotatable bonds is 3. The molecule has 0 aliphatic rings. The summed E-state index contributed by atoms with van der Waals surface area (Å²) in [5.41, 5.74) is 5.84. The minimum absolute atomic E-state index is 0.143. The maximum Gasteiger partial charge on any atom is 0.337 e. The summed E-state index contributed by atoms with van der Waals surface area (Å²) >= 11 is 0. The van der Waals surface area contributed by atoms with Crippen molar-refractivity contribution in [2.45, 2.75) is 0 Å². The van der Waals surface area contributed by atoms with Crippen LogP contribution < -0.4 is 5.73 Å². The normalized spacial score (nSPS) is 10.5. The van der Waals surface area contributed by atoms with Crippen molar-refractivity contribution in [2.75, 3.05) is 7.11 Å². The van der Waals surface area contributed by atoms with E-state index in [1.807, 2.05) is 0 Å². The molecule has 0 bridgehead atoms. The van der Waals surface area contributed by atoms with Gasteiger partial charge in [-0.05, 0) is 23.8 Å². The Balaban J connectivity index is 3.00. The molecule has 0 aliphatic carbocycles. The molecule has 0 heterocycles. The summed E-state index contributed by atoms with van der Waals surface area (Å²) in [5.74, 6) is -1.24. The number of methoxy groups -OCH3 is 1. The number of hydrogen-bond acceptors (Lipinski definition) is 4. The molecule has 2 N–H and O–H groups in total. The van der Waals surface area contributed by atoms with Crippen molar-refractivity contribution in [3.63, 3.8) is 0 Å². The Morgan fingerprint density at radius 2 is 1.94 bits per heavy atom. The molecule has 0 aliphatic heterocycles. The molecular formula is C12H10N2O3. The Morgan fingerprint density at radius 3 is 2.35 bits per heavy atom. The summed E-state index contributed by atoms with van der Waals surface area (Å²) in [6.07, 6.45) is 1.35. The van der Waals surface area contributed by atoms with Gasteiger partial charge in [-0.2, -0.15) is 5.26 Å². The number of amides is 1. The van der Waals surface area contributed by atoms with Crippen LogP contribution in [0.4, 0.5) is 0 Å². The topological polar surface area (TPSA) is 93.2 Å². The molecule has 0 saturated carbocycles. The second-order valence-electron chi connectivity index (χ2n) is 3.15. The van der Waals surface area contributed by atoms with Gasteiger partial charge in [-0.3, -0.25) is 4.79 Å². The molecule has 1 aromatic rings. The van der Waals surface area contributed by atoms with Gasteiger partial charge in [0.05, 0.1) is 12.7 Å². The second-order valence-corrected chi connectivity index (χ2v) is 3.15. The monoisotopic (exact) mass is 230 g/mol. The fourth-order valence-electron chi connectivity index (χ4n) is 1.16. The molecule has 1 rings (SSSR count). The molecule has 0 saturated heterocycles. The second kappa shape index (κ2) is 5.47. The van der Waals surface area contributed by atoms with E-state index >= 15 is 0 Å². The predicted octanol–water partition coefficient (Wildman–Crippen LogP) is 0.865. The zero-order chi connectivity index (χ0) is 12.8. The Hall–Kier alpha value is -2.61. The van der Waals surface area contributed by atoms with E-state index in [-0.39, 0.29) is 5.57 Å². The van der Waals surface area contributed by atoms with Gasteiger partial charge >= 0.3 is 5.97 Å². The molecule has 0 spiro atoms. The van der Waals surface area contributed by atoms with Gasteiger partial charge in [0.1, 0.15) is 11.6 Å². The molecular weight excluding hydrogens is 220 g/mol. The van der Waals surface area contributed by atoms with Crippen molar-refractivity contribution in [1.29, 1.82) is 5.26 Å². The molecule has 0 radical (unpaired) electrons. The number of nitrogens with zero attached hydrogens (tertiary/aromatic N) is 1. The predicted molar refractivity (Wildman–Crippen MR) is 60.6 cm³/mol. The quantitative estimate of drug-likeness (QED) is 0.473.